The fourth-order valence-electron chi connectivity index (χ4n) is 2.08. The maximum Gasteiger partial charge on any atom is 0.414 e. The summed E-state index contributed by atoms with van der Waals surface area (Å²) in [5.41, 5.74) is 2.49. The van der Waals surface area contributed by atoms with Crippen LogP contribution in [0, 0.1) is 11.3 Å². The zero-order chi connectivity index (χ0) is 11.7. The Bertz CT molecular complexity index is 476. The van der Waals surface area contributed by atoms with Gasteiger partial charge in [0.05, 0.1) is 24.4 Å². The molecule has 0 N–H and O–H groups in total. The molecule has 1 aromatic rings. The van der Waals surface area contributed by atoms with Crippen molar-refractivity contribution in [2.75, 3.05) is 12.0 Å². The normalized spacial score (nSPS) is 17.8. The van der Waals surface area contributed by atoms with E-state index in [0.717, 1.165) is 17.7 Å². The number of carbonyl (C=O) groups is 1. The van der Waals surface area contributed by atoms with Crippen molar-refractivity contribution < 1.29 is 9.53 Å². The second kappa shape index (κ2) is 3.86. The van der Waals surface area contributed by atoms with Crippen molar-refractivity contribution in [3.05, 3.63) is 29.3 Å². The lowest BCUT2D eigenvalue weighted by Crippen LogP contribution is -2.35. The first kappa shape index (κ1) is 10.5. The number of anilines is 1. The van der Waals surface area contributed by atoms with Gasteiger partial charge in [-0.15, -0.1) is 0 Å². The van der Waals surface area contributed by atoms with E-state index in [2.05, 4.69) is 6.07 Å². The highest BCUT2D eigenvalue weighted by molar-refractivity contribution is 5.91. The molecule has 0 fully saturated rings. The van der Waals surface area contributed by atoms with Gasteiger partial charge in [0.2, 0.25) is 0 Å². The van der Waals surface area contributed by atoms with Gasteiger partial charge in [0, 0.05) is 6.04 Å². The van der Waals surface area contributed by atoms with Gasteiger partial charge in [-0.2, -0.15) is 5.26 Å². The van der Waals surface area contributed by atoms with Gasteiger partial charge in [0.25, 0.3) is 0 Å². The fraction of sp³-hybridized carbons (Fsp3) is 0.333. The largest absolute Gasteiger partial charge is 0.452 e. The highest BCUT2D eigenvalue weighted by atomic mass is 16.5. The van der Waals surface area contributed by atoms with E-state index in [1.54, 1.807) is 17.0 Å². The highest BCUT2D eigenvalue weighted by Crippen LogP contribution is 2.33. The lowest BCUT2D eigenvalue weighted by molar-refractivity contribution is 0.177. The van der Waals surface area contributed by atoms with Crippen molar-refractivity contribution in [2.24, 2.45) is 0 Å². The van der Waals surface area contributed by atoms with E-state index >= 15 is 0 Å². The average molecular weight is 216 g/mol. The van der Waals surface area contributed by atoms with Gasteiger partial charge in [-0.1, -0.05) is 0 Å². The smallest absolute Gasteiger partial charge is 0.414 e. The minimum absolute atomic E-state index is 0.0800. The molecule has 1 amide bonds. The van der Waals surface area contributed by atoms with E-state index in [4.69, 9.17) is 10.00 Å². The Labute approximate surface area is 94.0 Å². The molecule has 0 aliphatic carbocycles. The number of ether oxygens (including phenoxy) is 1. The number of carbonyl (C=O) groups excluding carboxylic acids is 1. The molecule has 0 aromatic heterocycles. The second-order valence-corrected chi connectivity index (χ2v) is 3.85. The average Bonchev–Trinajstić information content (AvgIpc) is 2.62. The maximum atomic E-state index is 11.6. The third-order valence-corrected chi connectivity index (χ3v) is 2.80. The van der Waals surface area contributed by atoms with Gasteiger partial charge < -0.3 is 4.74 Å². The van der Waals surface area contributed by atoms with Crippen LogP contribution in [0.5, 0.6) is 0 Å². The molecule has 82 valence electrons. The molecule has 1 heterocycles. The highest BCUT2D eigenvalue weighted by Gasteiger charge is 2.31. The number of hydrogen-bond donors (Lipinski definition) is 0. The van der Waals surface area contributed by atoms with Gasteiger partial charge >= 0.3 is 6.09 Å². The van der Waals surface area contributed by atoms with E-state index in [9.17, 15) is 4.79 Å². The Kier molecular flexibility index (Phi) is 2.53. The Balaban J connectivity index is 2.43. The van der Waals surface area contributed by atoms with E-state index in [0.29, 0.717) is 5.56 Å². The second-order valence-electron chi connectivity index (χ2n) is 3.85. The molecule has 1 aliphatic heterocycles. The predicted octanol–water partition coefficient (Wildman–Crippen LogP) is 2.08. The van der Waals surface area contributed by atoms with Gasteiger partial charge in [0.1, 0.15) is 0 Å². The van der Waals surface area contributed by atoms with Crippen LogP contribution in [0.1, 0.15) is 18.1 Å². The van der Waals surface area contributed by atoms with Gasteiger partial charge in [-0.25, -0.2) is 4.79 Å². The number of hydrogen-bond acceptors (Lipinski definition) is 3. The van der Waals surface area contributed by atoms with Crippen molar-refractivity contribution in [3.63, 3.8) is 0 Å². The zero-order valence-corrected chi connectivity index (χ0v) is 9.23. The molecule has 0 saturated carbocycles. The van der Waals surface area contributed by atoms with Crippen molar-refractivity contribution in [2.45, 2.75) is 19.4 Å². The standard InChI is InChI=1S/C12H12N2O2/c1-8-5-10-6-9(7-13)3-4-11(10)14(8)12(15)16-2/h3-4,6,8H,5H2,1-2H3/t8-/m0/s1. The molecule has 0 unspecified atom stereocenters. The quantitative estimate of drug-likeness (QED) is 0.667. The van der Waals surface area contributed by atoms with Gasteiger partial charge in [-0.05, 0) is 37.1 Å². The zero-order valence-electron chi connectivity index (χ0n) is 9.23. The van der Waals surface area contributed by atoms with E-state index in [-0.39, 0.29) is 12.1 Å². The molecule has 4 heteroatoms. The van der Waals surface area contributed by atoms with E-state index in [1.165, 1.54) is 7.11 Å². The SMILES string of the molecule is COC(=O)N1c2ccc(C#N)cc2C[C@@H]1C. The topological polar surface area (TPSA) is 53.3 Å². The summed E-state index contributed by atoms with van der Waals surface area (Å²) < 4.78 is 4.74. The summed E-state index contributed by atoms with van der Waals surface area (Å²) in [5.74, 6) is 0. The van der Waals surface area contributed by atoms with Crippen LogP contribution in [-0.2, 0) is 11.2 Å². The summed E-state index contributed by atoms with van der Waals surface area (Å²) in [5, 5.41) is 8.80. The third-order valence-electron chi connectivity index (χ3n) is 2.80. The summed E-state index contributed by atoms with van der Waals surface area (Å²) in [6.07, 6.45) is 0.413. The summed E-state index contributed by atoms with van der Waals surface area (Å²) >= 11 is 0. The van der Waals surface area contributed by atoms with Crippen LogP contribution < -0.4 is 4.90 Å². The molecule has 0 spiro atoms. The maximum absolute atomic E-state index is 11.6. The molecule has 1 aromatic carbocycles. The molecule has 4 nitrogen and oxygen atoms in total. The van der Waals surface area contributed by atoms with Crippen LogP contribution in [0.25, 0.3) is 0 Å². The number of benzene rings is 1. The number of methoxy groups -OCH3 is 1. The van der Waals surface area contributed by atoms with Crippen LogP contribution in [0.4, 0.5) is 10.5 Å². The third kappa shape index (κ3) is 1.50. The van der Waals surface area contributed by atoms with Crippen LogP contribution in [0.15, 0.2) is 18.2 Å². The first-order chi connectivity index (χ1) is 7.67. The molecule has 2 rings (SSSR count). The number of nitrogens with zero attached hydrogens (tertiary/aromatic N) is 2. The Hall–Kier alpha value is -2.02. The molecule has 1 aliphatic rings. The Morgan fingerprint density at radius 2 is 2.38 bits per heavy atom. The summed E-state index contributed by atoms with van der Waals surface area (Å²) in [6.45, 7) is 1.96. The lowest BCUT2D eigenvalue weighted by Gasteiger charge is -2.20. The van der Waals surface area contributed by atoms with Crippen LogP contribution in [-0.4, -0.2) is 19.2 Å². The van der Waals surface area contributed by atoms with Gasteiger partial charge in [-0.3, -0.25) is 4.90 Å². The number of fused-ring (bicyclic) bond motifs is 1. The molecule has 0 bridgehead atoms. The van der Waals surface area contributed by atoms with Crippen molar-refractivity contribution in [3.8, 4) is 6.07 Å². The molecular weight excluding hydrogens is 204 g/mol. The molecule has 0 saturated heterocycles. The summed E-state index contributed by atoms with van der Waals surface area (Å²) in [4.78, 5) is 13.2. The molecular formula is C12H12N2O2. The van der Waals surface area contributed by atoms with E-state index in [1.807, 2.05) is 13.0 Å². The van der Waals surface area contributed by atoms with Crippen molar-refractivity contribution in [1.29, 1.82) is 5.26 Å². The molecule has 0 radical (unpaired) electrons. The first-order valence-electron chi connectivity index (χ1n) is 5.07. The summed E-state index contributed by atoms with van der Waals surface area (Å²) in [6, 6.07) is 7.52. The van der Waals surface area contributed by atoms with Crippen LogP contribution in [0.3, 0.4) is 0 Å². The molecule has 16 heavy (non-hydrogen) atoms. The first-order valence-corrected chi connectivity index (χ1v) is 5.07. The molecule has 1 atom stereocenters. The monoisotopic (exact) mass is 216 g/mol. The minimum atomic E-state index is -0.351. The predicted molar refractivity (Wildman–Crippen MR) is 59.2 cm³/mol. The fourth-order valence-corrected chi connectivity index (χ4v) is 2.08. The lowest BCUT2D eigenvalue weighted by atomic mass is 10.1. The van der Waals surface area contributed by atoms with Crippen molar-refractivity contribution >= 4 is 11.8 Å². The van der Waals surface area contributed by atoms with E-state index < -0.39 is 0 Å². The van der Waals surface area contributed by atoms with Crippen LogP contribution in [0.2, 0.25) is 0 Å². The van der Waals surface area contributed by atoms with Gasteiger partial charge in [0.15, 0.2) is 0 Å². The van der Waals surface area contributed by atoms with Crippen LogP contribution >= 0.6 is 0 Å². The minimum Gasteiger partial charge on any atom is -0.452 e. The number of rotatable bonds is 0. The number of nitriles is 1. The number of amides is 1. The Morgan fingerprint density at radius 1 is 1.62 bits per heavy atom. The summed E-state index contributed by atoms with van der Waals surface area (Å²) in [7, 11) is 1.37. The Morgan fingerprint density at radius 3 is 3.00 bits per heavy atom. The van der Waals surface area contributed by atoms with Crippen molar-refractivity contribution in [1.82, 2.24) is 0 Å².